The van der Waals surface area contributed by atoms with E-state index in [1.807, 2.05) is 43.3 Å². The van der Waals surface area contributed by atoms with Crippen LogP contribution < -0.4 is 19.2 Å². The van der Waals surface area contributed by atoms with Crippen LogP contribution in [0.5, 0.6) is 11.5 Å². The molecule has 1 N–H and O–H groups in total. The van der Waals surface area contributed by atoms with Crippen LogP contribution in [0.2, 0.25) is 0 Å². The largest absolute Gasteiger partial charge is 0.493 e. The maximum Gasteiger partial charge on any atom is 0.264 e. The Bertz CT molecular complexity index is 1590. The van der Waals surface area contributed by atoms with Gasteiger partial charge >= 0.3 is 0 Å². The summed E-state index contributed by atoms with van der Waals surface area (Å²) in [6, 6.07) is 28.6. The molecule has 9 heteroatoms. The fourth-order valence-corrected chi connectivity index (χ4v) is 5.43. The number of hydrogen-bond acceptors (Lipinski definition) is 6. The Morgan fingerprint density at radius 3 is 2.30 bits per heavy atom. The highest BCUT2D eigenvalue weighted by molar-refractivity contribution is 7.92. The van der Waals surface area contributed by atoms with Gasteiger partial charge in [0.15, 0.2) is 11.5 Å². The molecule has 0 fully saturated rings. The number of amides is 1. The summed E-state index contributed by atoms with van der Waals surface area (Å²) in [7, 11) is -2.47. The second kappa shape index (κ2) is 12.9. The quantitative estimate of drug-likeness (QED) is 0.201. The summed E-state index contributed by atoms with van der Waals surface area (Å²) in [6.07, 6.45) is 1.45. The van der Waals surface area contributed by atoms with E-state index in [-0.39, 0.29) is 4.90 Å². The Hall–Kier alpha value is -4.63. The Kier molecular flexibility index (Phi) is 9.19. The topological polar surface area (TPSA) is 97.3 Å². The Morgan fingerprint density at radius 2 is 1.60 bits per heavy atom. The molecule has 0 radical (unpaired) electrons. The van der Waals surface area contributed by atoms with Gasteiger partial charge in [-0.3, -0.25) is 9.10 Å². The van der Waals surface area contributed by atoms with Crippen LogP contribution in [0.15, 0.2) is 107 Å². The molecule has 0 heterocycles. The van der Waals surface area contributed by atoms with Crippen LogP contribution in [0.25, 0.3) is 0 Å². The fourth-order valence-electron chi connectivity index (χ4n) is 3.94. The number of hydrazone groups is 1. The molecule has 0 aromatic heterocycles. The number of rotatable bonds is 11. The molecule has 40 heavy (non-hydrogen) atoms. The van der Waals surface area contributed by atoms with Gasteiger partial charge in [-0.1, -0.05) is 66.2 Å². The van der Waals surface area contributed by atoms with Crippen molar-refractivity contribution in [1.29, 1.82) is 0 Å². The first kappa shape index (κ1) is 28.4. The summed E-state index contributed by atoms with van der Waals surface area (Å²) in [5, 5.41) is 4.03. The highest BCUT2D eigenvalue weighted by atomic mass is 32.2. The van der Waals surface area contributed by atoms with Crippen molar-refractivity contribution in [3.05, 3.63) is 119 Å². The van der Waals surface area contributed by atoms with Crippen molar-refractivity contribution < 1.29 is 22.7 Å². The monoisotopic (exact) mass is 557 g/mol. The van der Waals surface area contributed by atoms with Crippen molar-refractivity contribution in [2.45, 2.75) is 25.3 Å². The van der Waals surface area contributed by atoms with Crippen LogP contribution in [0.4, 0.5) is 5.69 Å². The molecule has 0 atom stereocenters. The second-order valence-electron chi connectivity index (χ2n) is 9.09. The number of anilines is 1. The molecule has 4 rings (SSSR count). The summed E-state index contributed by atoms with van der Waals surface area (Å²) in [6.45, 7) is 3.61. The molecule has 0 aliphatic carbocycles. The van der Waals surface area contributed by atoms with Crippen molar-refractivity contribution in [1.82, 2.24) is 5.43 Å². The Balaban J connectivity index is 1.47. The molecule has 206 valence electrons. The molecule has 4 aromatic carbocycles. The highest BCUT2D eigenvalue weighted by Crippen LogP contribution is 2.29. The molecule has 0 unspecified atom stereocenters. The van der Waals surface area contributed by atoms with Gasteiger partial charge in [-0.15, -0.1) is 0 Å². The minimum Gasteiger partial charge on any atom is -0.493 e. The van der Waals surface area contributed by atoms with E-state index in [0.29, 0.717) is 29.4 Å². The Labute approximate surface area is 234 Å². The zero-order chi connectivity index (χ0) is 28.5. The molecule has 0 spiro atoms. The standard InChI is InChI=1S/C31H31N3O5S/c1-23-13-16-27(17-14-23)40(36,37)34(28-12-8-7-9-24(28)2)21-31(35)33-32-20-26-15-18-29(30(19-26)38-3)39-22-25-10-5-4-6-11-25/h4-20H,21-22H2,1-3H3,(H,33,35)/b32-20+. The summed E-state index contributed by atoms with van der Waals surface area (Å²) >= 11 is 0. The predicted octanol–water partition coefficient (Wildman–Crippen LogP) is 5.24. The van der Waals surface area contributed by atoms with E-state index < -0.39 is 22.5 Å². The zero-order valence-corrected chi connectivity index (χ0v) is 23.4. The zero-order valence-electron chi connectivity index (χ0n) is 22.6. The molecule has 0 aliphatic rings. The number of hydrogen-bond donors (Lipinski definition) is 1. The predicted molar refractivity (Wildman–Crippen MR) is 156 cm³/mol. The van der Waals surface area contributed by atoms with Gasteiger partial charge in [0.1, 0.15) is 13.2 Å². The first-order chi connectivity index (χ1) is 19.3. The molecule has 4 aromatic rings. The lowest BCUT2D eigenvalue weighted by Gasteiger charge is -2.25. The number of benzene rings is 4. The number of sulfonamides is 1. The Morgan fingerprint density at radius 1 is 0.900 bits per heavy atom. The number of aryl methyl sites for hydroxylation is 2. The molecule has 0 bridgehead atoms. The van der Waals surface area contributed by atoms with Crippen LogP contribution in [0.3, 0.4) is 0 Å². The lowest BCUT2D eigenvalue weighted by atomic mass is 10.2. The van der Waals surface area contributed by atoms with Gasteiger partial charge in [-0.2, -0.15) is 5.10 Å². The number of nitrogens with one attached hydrogen (secondary N) is 1. The van der Waals surface area contributed by atoms with E-state index in [1.54, 1.807) is 62.6 Å². The van der Waals surface area contributed by atoms with E-state index in [2.05, 4.69) is 10.5 Å². The van der Waals surface area contributed by atoms with E-state index in [4.69, 9.17) is 9.47 Å². The number of carbonyl (C=O) groups is 1. The first-order valence-electron chi connectivity index (χ1n) is 12.6. The van der Waals surface area contributed by atoms with Gasteiger partial charge in [0.2, 0.25) is 0 Å². The third-order valence-electron chi connectivity index (χ3n) is 6.11. The molecule has 8 nitrogen and oxygen atoms in total. The molecule has 0 saturated heterocycles. The van der Waals surface area contributed by atoms with Gasteiger partial charge < -0.3 is 9.47 Å². The normalized spacial score (nSPS) is 11.3. The van der Waals surface area contributed by atoms with E-state index in [0.717, 1.165) is 21.0 Å². The maximum atomic E-state index is 13.6. The molecular formula is C31H31N3O5S. The van der Waals surface area contributed by atoms with Gasteiger partial charge in [-0.25, -0.2) is 13.8 Å². The lowest BCUT2D eigenvalue weighted by molar-refractivity contribution is -0.119. The lowest BCUT2D eigenvalue weighted by Crippen LogP contribution is -2.40. The number of para-hydroxylation sites is 1. The number of nitrogens with zero attached hydrogens (tertiary/aromatic N) is 2. The maximum absolute atomic E-state index is 13.6. The summed E-state index contributed by atoms with van der Waals surface area (Å²) in [5.74, 6) is 0.494. The van der Waals surface area contributed by atoms with Gasteiger partial charge in [0.25, 0.3) is 15.9 Å². The van der Waals surface area contributed by atoms with E-state index >= 15 is 0 Å². The van der Waals surface area contributed by atoms with Gasteiger partial charge in [0.05, 0.1) is 23.9 Å². The average Bonchev–Trinajstić information content (AvgIpc) is 2.96. The van der Waals surface area contributed by atoms with Crippen LogP contribution in [0, 0.1) is 13.8 Å². The molecule has 0 saturated carbocycles. The van der Waals surface area contributed by atoms with Gasteiger partial charge in [0, 0.05) is 0 Å². The minimum atomic E-state index is -4.01. The second-order valence-corrected chi connectivity index (χ2v) is 11.0. The van der Waals surface area contributed by atoms with Crippen LogP contribution in [-0.2, 0) is 21.4 Å². The van der Waals surface area contributed by atoms with E-state index in [1.165, 1.54) is 18.3 Å². The number of carbonyl (C=O) groups excluding carboxylic acids is 1. The molecular weight excluding hydrogens is 526 g/mol. The number of methoxy groups -OCH3 is 1. The van der Waals surface area contributed by atoms with Gasteiger partial charge in [-0.05, 0) is 66.9 Å². The van der Waals surface area contributed by atoms with Crippen molar-refractivity contribution in [2.75, 3.05) is 18.0 Å². The average molecular weight is 558 g/mol. The fraction of sp³-hybridized carbons (Fsp3) is 0.161. The minimum absolute atomic E-state index is 0.0966. The number of ether oxygens (including phenoxy) is 2. The van der Waals surface area contributed by atoms with Crippen LogP contribution in [0.1, 0.15) is 22.3 Å². The summed E-state index contributed by atoms with van der Waals surface area (Å²) in [4.78, 5) is 13.0. The van der Waals surface area contributed by atoms with Crippen molar-refractivity contribution in [3.8, 4) is 11.5 Å². The summed E-state index contributed by atoms with van der Waals surface area (Å²) in [5.41, 5.74) is 6.19. The smallest absolute Gasteiger partial charge is 0.264 e. The molecule has 1 amide bonds. The van der Waals surface area contributed by atoms with Crippen LogP contribution in [-0.4, -0.2) is 34.2 Å². The summed E-state index contributed by atoms with van der Waals surface area (Å²) < 4.78 is 39.5. The van der Waals surface area contributed by atoms with E-state index in [9.17, 15) is 13.2 Å². The van der Waals surface area contributed by atoms with Crippen molar-refractivity contribution in [2.24, 2.45) is 5.10 Å². The third kappa shape index (κ3) is 7.06. The van der Waals surface area contributed by atoms with Crippen molar-refractivity contribution in [3.63, 3.8) is 0 Å². The highest BCUT2D eigenvalue weighted by Gasteiger charge is 2.28. The third-order valence-corrected chi connectivity index (χ3v) is 7.88. The SMILES string of the molecule is COc1cc(/C=N/NC(=O)CN(c2ccccc2C)S(=O)(=O)c2ccc(C)cc2)ccc1OCc1ccccc1. The molecule has 0 aliphatic heterocycles. The van der Waals surface area contributed by atoms with Crippen molar-refractivity contribution >= 4 is 27.8 Å². The first-order valence-corrected chi connectivity index (χ1v) is 14.0. The van der Waals surface area contributed by atoms with Crippen LogP contribution >= 0.6 is 0 Å².